The van der Waals surface area contributed by atoms with Crippen LogP contribution in [0.2, 0.25) is 0 Å². The number of aryl methyl sites for hydroxylation is 1. The summed E-state index contributed by atoms with van der Waals surface area (Å²) < 4.78 is 12.1. The van der Waals surface area contributed by atoms with E-state index in [-0.39, 0.29) is 11.9 Å². The molecule has 8 nitrogen and oxygen atoms in total. The number of fused-ring (bicyclic) bond motifs is 1. The Hall–Kier alpha value is -4.04. The average Bonchev–Trinajstić information content (AvgIpc) is 3.37. The number of amidine groups is 2. The van der Waals surface area contributed by atoms with E-state index in [9.17, 15) is 0 Å². The van der Waals surface area contributed by atoms with Gasteiger partial charge in [-0.25, -0.2) is 0 Å². The fourth-order valence-corrected chi connectivity index (χ4v) is 4.70. The highest BCUT2D eigenvalue weighted by Crippen LogP contribution is 2.30. The van der Waals surface area contributed by atoms with Gasteiger partial charge in [0.25, 0.3) is 6.02 Å². The Morgan fingerprint density at radius 1 is 1.06 bits per heavy atom. The molecule has 0 aliphatic carbocycles. The van der Waals surface area contributed by atoms with E-state index in [1.165, 1.54) is 0 Å². The van der Waals surface area contributed by atoms with Crippen molar-refractivity contribution in [2.75, 3.05) is 44.9 Å². The molecule has 2 heterocycles. The second kappa shape index (κ2) is 9.91. The van der Waals surface area contributed by atoms with E-state index >= 15 is 0 Å². The van der Waals surface area contributed by atoms with Crippen LogP contribution in [0.1, 0.15) is 11.1 Å². The van der Waals surface area contributed by atoms with Crippen LogP contribution in [0, 0.1) is 12.3 Å². The van der Waals surface area contributed by atoms with Crippen molar-refractivity contribution in [2.45, 2.75) is 19.1 Å². The van der Waals surface area contributed by atoms with Gasteiger partial charge in [-0.1, -0.05) is 18.2 Å². The lowest BCUT2D eigenvalue weighted by Gasteiger charge is -2.18. The van der Waals surface area contributed by atoms with Crippen LogP contribution in [0.25, 0.3) is 0 Å². The second-order valence-electron chi connectivity index (χ2n) is 9.33. The molecule has 186 valence electrons. The zero-order valence-electron chi connectivity index (χ0n) is 21.1. The van der Waals surface area contributed by atoms with E-state index in [2.05, 4.69) is 27.5 Å². The molecule has 5 rings (SSSR count). The molecule has 2 saturated heterocycles. The molecule has 0 saturated carbocycles. The number of hydrogen-bond acceptors (Lipinski definition) is 6. The fraction of sp³-hybridized carbons (Fsp3) is 0.286. The first kappa shape index (κ1) is 23.7. The minimum atomic E-state index is 0.145. The molecule has 0 radical (unpaired) electrons. The molecule has 2 atom stereocenters. The predicted octanol–water partition coefficient (Wildman–Crippen LogP) is 4.90. The van der Waals surface area contributed by atoms with Crippen molar-refractivity contribution in [1.29, 1.82) is 5.41 Å². The maximum absolute atomic E-state index is 8.78. The van der Waals surface area contributed by atoms with Gasteiger partial charge in [-0.05, 0) is 68.1 Å². The Labute approximate surface area is 212 Å². The largest absolute Gasteiger partial charge is 0.458 e. The molecule has 8 heteroatoms. The van der Waals surface area contributed by atoms with Gasteiger partial charge >= 0.3 is 0 Å². The smallest absolute Gasteiger partial charge is 0.293 e. The number of para-hydroxylation sites is 1. The number of likely N-dealkylation sites (N-methyl/N-ethyl adjacent to an activating group) is 2. The van der Waals surface area contributed by atoms with Gasteiger partial charge in [0.15, 0.2) is 0 Å². The number of rotatable bonds is 6. The summed E-state index contributed by atoms with van der Waals surface area (Å²) in [4.78, 5) is 9.16. The van der Waals surface area contributed by atoms with Crippen LogP contribution >= 0.6 is 0 Å². The lowest BCUT2D eigenvalue weighted by molar-refractivity contribution is 0.214. The second-order valence-corrected chi connectivity index (χ2v) is 9.33. The SMILES string of the molecule is CNc1ccc(/N=C2\OC3CN(C)CC3N2C)cc1C(=N)Nc1ccc(Oc2ccccc2)c(C)c1. The summed E-state index contributed by atoms with van der Waals surface area (Å²) in [5.41, 5.74) is 4.10. The standard InChI is InChI=1S/C28H32N6O2/c1-18-14-19(11-13-25(18)35-21-8-6-5-7-9-21)31-27(29)22-15-20(10-12-23(22)30-2)32-28-34(4)24-16-33(3)17-26(24)36-28/h5-15,24,26,30H,16-17H2,1-4H3,(H2,29,31)/b32-28-. The van der Waals surface area contributed by atoms with Crippen molar-refractivity contribution in [3.63, 3.8) is 0 Å². The predicted molar refractivity (Wildman–Crippen MR) is 145 cm³/mol. The van der Waals surface area contributed by atoms with Gasteiger partial charge in [0.2, 0.25) is 0 Å². The van der Waals surface area contributed by atoms with E-state index in [0.717, 1.165) is 52.8 Å². The Balaban J connectivity index is 1.33. The van der Waals surface area contributed by atoms with E-state index in [1.807, 2.05) is 87.7 Å². The molecule has 0 amide bonds. The third kappa shape index (κ3) is 4.85. The van der Waals surface area contributed by atoms with Crippen LogP contribution in [0.4, 0.5) is 17.1 Å². The number of likely N-dealkylation sites (tertiary alicyclic amines) is 1. The van der Waals surface area contributed by atoms with E-state index < -0.39 is 0 Å². The van der Waals surface area contributed by atoms with Crippen LogP contribution in [0.3, 0.4) is 0 Å². The van der Waals surface area contributed by atoms with Gasteiger partial charge in [-0.3, -0.25) is 5.41 Å². The van der Waals surface area contributed by atoms with E-state index in [1.54, 1.807) is 0 Å². The van der Waals surface area contributed by atoms with Crippen LogP contribution < -0.4 is 15.4 Å². The van der Waals surface area contributed by atoms with Gasteiger partial charge in [0, 0.05) is 44.1 Å². The quantitative estimate of drug-likeness (QED) is 0.341. The van der Waals surface area contributed by atoms with Crippen LogP contribution in [0.15, 0.2) is 71.7 Å². The molecule has 3 N–H and O–H groups in total. The third-order valence-electron chi connectivity index (χ3n) is 6.66. The number of aliphatic imine (C=N–C) groups is 1. The zero-order chi connectivity index (χ0) is 25.2. The summed E-state index contributed by atoms with van der Waals surface area (Å²) in [6, 6.07) is 22.3. The van der Waals surface area contributed by atoms with Crippen molar-refractivity contribution in [2.24, 2.45) is 4.99 Å². The van der Waals surface area contributed by atoms with Gasteiger partial charge in [-0.15, -0.1) is 0 Å². The topological polar surface area (TPSA) is 85.2 Å². The third-order valence-corrected chi connectivity index (χ3v) is 6.66. The molecule has 2 aliphatic rings. The minimum Gasteiger partial charge on any atom is -0.458 e. The molecular weight excluding hydrogens is 452 g/mol. The average molecular weight is 485 g/mol. The first-order chi connectivity index (χ1) is 17.4. The van der Waals surface area contributed by atoms with Crippen molar-refractivity contribution in [3.05, 3.63) is 77.9 Å². The molecular formula is C28H32N6O2. The molecule has 2 aliphatic heterocycles. The summed E-state index contributed by atoms with van der Waals surface area (Å²) in [5, 5.41) is 15.2. The van der Waals surface area contributed by atoms with Gasteiger partial charge < -0.3 is 29.9 Å². The first-order valence-electron chi connectivity index (χ1n) is 12.1. The Kier molecular flexibility index (Phi) is 6.52. The number of ether oxygens (including phenoxy) is 2. The summed E-state index contributed by atoms with van der Waals surface area (Å²) in [5.74, 6) is 1.85. The molecule has 0 aromatic heterocycles. The molecule has 0 spiro atoms. The highest BCUT2D eigenvalue weighted by molar-refractivity contribution is 6.10. The summed E-state index contributed by atoms with van der Waals surface area (Å²) in [7, 11) is 5.99. The maximum Gasteiger partial charge on any atom is 0.293 e. The summed E-state index contributed by atoms with van der Waals surface area (Å²) in [6.45, 7) is 3.86. The summed E-state index contributed by atoms with van der Waals surface area (Å²) in [6.07, 6.45) is 0.145. The molecule has 2 fully saturated rings. The minimum absolute atomic E-state index is 0.145. The maximum atomic E-state index is 8.78. The highest BCUT2D eigenvalue weighted by atomic mass is 16.5. The lowest BCUT2D eigenvalue weighted by atomic mass is 10.1. The Morgan fingerprint density at radius 2 is 1.86 bits per heavy atom. The Bertz CT molecular complexity index is 1290. The van der Waals surface area contributed by atoms with Gasteiger partial charge in [0.05, 0.1) is 11.7 Å². The van der Waals surface area contributed by atoms with E-state index in [4.69, 9.17) is 19.9 Å². The number of nitrogens with zero attached hydrogens (tertiary/aromatic N) is 3. The van der Waals surface area contributed by atoms with Crippen molar-refractivity contribution < 1.29 is 9.47 Å². The van der Waals surface area contributed by atoms with Gasteiger partial charge in [-0.2, -0.15) is 4.99 Å². The normalized spacial score (nSPS) is 20.2. The number of nitrogens with one attached hydrogen (secondary N) is 3. The zero-order valence-corrected chi connectivity index (χ0v) is 21.1. The number of benzene rings is 3. The van der Waals surface area contributed by atoms with Crippen molar-refractivity contribution in [3.8, 4) is 11.5 Å². The molecule has 36 heavy (non-hydrogen) atoms. The van der Waals surface area contributed by atoms with Crippen molar-refractivity contribution >= 4 is 28.9 Å². The fourth-order valence-electron chi connectivity index (χ4n) is 4.70. The Morgan fingerprint density at radius 3 is 2.58 bits per heavy atom. The number of anilines is 2. The molecule has 2 unspecified atom stereocenters. The number of hydrogen-bond donors (Lipinski definition) is 3. The summed E-state index contributed by atoms with van der Waals surface area (Å²) >= 11 is 0. The molecule has 0 bridgehead atoms. The van der Waals surface area contributed by atoms with Crippen LogP contribution in [0.5, 0.6) is 11.5 Å². The first-order valence-corrected chi connectivity index (χ1v) is 12.1. The van der Waals surface area contributed by atoms with Crippen LogP contribution in [-0.2, 0) is 4.74 Å². The molecule has 3 aromatic rings. The van der Waals surface area contributed by atoms with Crippen LogP contribution in [-0.4, -0.2) is 68.0 Å². The van der Waals surface area contributed by atoms with E-state index in [0.29, 0.717) is 12.1 Å². The van der Waals surface area contributed by atoms with Gasteiger partial charge in [0.1, 0.15) is 23.4 Å². The van der Waals surface area contributed by atoms with Crippen molar-refractivity contribution in [1.82, 2.24) is 9.80 Å². The monoisotopic (exact) mass is 484 g/mol. The molecule has 3 aromatic carbocycles. The lowest BCUT2D eigenvalue weighted by Crippen LogP contribution is -2.34. The highest BCUT2D eigenvalue weighted by Gasteiger charge is 2.43.